The number of para-hydroxylation sites is 2. The summed E-state index contributed by atoms with van der Waals surface area (Å²) in [4.78, 5) is 4.66. The van der Waals surface area contributed by atoms with E-state index in [1.807, 2.05) is 24.3 Å². The first-order chi connectivity index (χ1) is 9.38. The molecule has 0 aliphatic carbocycles. The fourth-order valence-electron chi connectivity index (χ4n) is 2.24. The standard InChI is InChI=1S/C14H16N4O/c1-2-18-13-6-4-3-5-12(13)17-14(18)10-15-9-11-7-8-16-19-11/h3-8,15H,2,9-10H2,1H3. The molecule has 2 heterocycles. The van der Waals surface area contributed by atoms with Crippen molar-refractivity contribution < 1.29 is 4.52 Å². The van der Waals surface area contributed by atoms with Crippen molar-refractivity contribution in [2.24, 2.45) is 0 Å². The van der Waals surface area contributed by atoms with Crippen molar-refractivity contribution in [3.8, 4) is 0 Å². The van der Waals surface area contributed by atoms with E-state index in [0.717, 1.165) is 23.6 Å². The monoisotopic (exact) mass is 256 g/mol. The van der Waals surface area contributed by atoms with Gasteiger partial charge in [0.05, 0.1) is 30.3 Å². The van der Waals surface area contributed by atoms with Crippen molar-refractivity contribution in [2.75, 3.05) is 0 Å². The predicted molar refractivity (Wildman–Crippen MR) is 72.5 cm³/mol. The van der Waals surface area contributed by atoms with Crippen LogP contribution in [0, 0.1) is 0 Å². The predicted octanol–water partition coefficient (Wildman–Crippen LogP) is 2.33. The summed E-state index contributed by atoms with van der Waals surface area (Å²) in [6.45, 7) is 4.42. The van der Waals surface area contributed by atoms with Gasteiger partial charge in [0, 0.05) is 12.6 Å². The molecule has 0 aliphatic heterocycles. The third-order valence-corrected chi connectivity index (χ3v) is 3.12. The molecule has 0 saturated carbocycles. The van der Waals surface area contributed by atoms with Gasteiger partial charge in [-0.3, -0.25) is 0 Å². The number of aromatic nitrogens is 3. The van der Waals surface area contributed by atoms with Crippen LogP contribution in [-0.4, -0.2) is 14.7 Å². The maximum absolute atomic E-state index is 5.05. The molecule has 3 rings (SSSR count). The number of hydrogen-bond donors (Lipinski definition) is 1. The van der Waals surface area contributed by atoms with Crippen LogP contribution in [0.5, 0.6) is 0 Å². The number of nitrogens with zero attached hydrogens (tertiary/aromatic N) is 3. The maximum atomic E-state index is 5.05. The van der Waals surface area contributed by atoms with Gasteiger partial charge in [0.1, 0.15) is 11.6 Å². The minimum Gasteiger partial charge on any atom is -0.360 e. The van der Waals surface area contributed by atoms with Gasteiger partial charge < -0.3 is 14.4 Å². The molecule has 0 radical (unpaired) electrons. The van der Waals surface area contributed by atoms with Crippen LogP contribution in [0.2, 0.25) is 0 Å². The number of fused-ring (bicyclic) bond motifs is 1. The Morgan fingerprint density at radius 3 is 2.89 bits per heavy atom. The fraction of sp³-hybridized carbons (Fsp3) is 0.286. The normalized spacial score (nSPS) is 11.2. The molecular weight excluding hydrogens is 240 g/mol. The second-order valence-electron chi connectivity index (χ2n) is 4.34. The van der Waals surface area contributed by atoms with E-state index in [9.17, 15) is 0 Å². The lowest BCUT2D eigenvalue weighted by Crippen LogP contribution is -2.16. The third-order valence-electron chi connectivity index (χ3n) is 3.12. The Balaban J connectivity index is 1.76. The smallest absolute Gasteiger partial charge is 0.150 e. The molecule has 0 bridgehead atoms. The van der Waals surface area contributed by atoms with Crippen LogP contribution in [0.4, 0.5) is 0 Å². The zero-order valence-electron chi connectivity index (χ0n) is 10.8. The number of hydrogen-bond acceptors (Lipinski definition) is 4. The summed E-state index contributed by atoms with van der Waals surface area (Å²) < 4.78 is 7.27. The number of imidazole rings is 1. The highest BCUT2D eigenvalue weighted by Gasteiger charge is 2.08. The summed E-state index contributed by atoms with van der Waals surface area (Å²) in [5.41, 5.74) is 2.22. The Morgan fingerprint density at radius 2 is 2.11 bits per heavy atom. The van der Waals surface area contributed by atoms with Crippen molar-refractivity contribution >= 4 is 11.0 Å². The van der Waals surface area contributed by atoms with E-state index in [4.69, 9.17) is 4.52 Å². The first-order valence-corrected chi connectivity index (χ1v) is 6.43. The zero-order valence-corrected chi connectivity index (χ0v) is 10.8. The minimum absolute atomic E-state index is 0.660. The second kappa shape index (κ2) is 5.24. The molecule has 5 nitrogen and oxygen atoms in total. The van der Waals surface area contributed by atoms with Crippen LogP contribution in [0.15, 0.2) is 41.1 Å². The van der Waals surface area contributed by atoms with Gasteiger partial charge in [-0.2, -0.15) is 0 Å². The number of rotatable bonds is 5. The minimum atomic E-state index is 0.660. The van der Waals surface area contributed by atoms with Gasteiger partial charge in [0.25, 0.3) is 0 Å². The van der Waals surface area contributed by atoms with E-state index in [-0.39, 0.29) is 0 Å². The third kappa shape index (κ3) is 2.37. The Labute approximate surface area is 111 Å². The largest absolute Gasteiger partial charge is 0.360 e. The molecule has 0 atom stereocenters. The van der Waals surface area contributed by atoms with Crippen LogP contribution in [0.25, 0.3) is 11.0 Å². The summed E-state index contributed by atoms with van der Waals surface area (Å²) in [6, 6.07) is 10.1. The van der Waals surface area contributed by atoms with E-state index in [0.29, 0.717) is 13.1 Å². The molecule has 3 aromatic rings. The van der Waals surface area contributed by atoms with E-state index < -0.39 is 0 Å². The van der Waals surface area contributed by atoms with Crippen molar-refractivity contribution in [3.63, 3.8) is 0 Å². The van der Waals surface area contributed by atoms with Gasteiger partial charge in [-0.25, -0.2) is 4.98 Å². The van der Waals surface area contributed by atoms with Crippen molar-refractivity contribution in [3.05, 3.63) is 48.1 Å². The molecular formula is C14H16N4O. The molecule has 2 aromatic heterocycles. The summed E-state index contributed by atoms with van der Waals surface area (Å²) in [5, 5.41) is 7.00. The first kappa shape index (κ1) is 11.9. The van der Waals surface area contributed by atoms with Crippen molar-refractivity contribution in [1.29, 1.82) is 0 Å². The van der Waals surface area contributed by atoms with Gasteiger partial charge in [-0.05, 0) is 19.1 Å². The molecule has 98 valence electrons. The van der Waals surface area contributed by atoms with Gasteiger partial charge in [-0.1, -0.05) is 17.3 Å². The second-order valence-corrected chi connectivity index (χ2v) is 4.34. The highest BCUT2D eigenvalue weighted by Crippen LogP contribution is 2.15. The van der Waals surface area contributed by atoms with Crippen LogP contribution in [0.1, 0.15) is 18.5 Å². The molecule has 0 amide bonds. The summed E-state index contributed by atoms with van der Waals surface area (Å²) in [7, 11) is 0. The molecule has 0 saturated heterocycles. The number of benzene rings is 1. The van der Waals surface area contributed by atoms with Crippen LogP contribution >= 0.6 is 0 Å². The lowest BCUT2D eigenvalue weighted by Gasteiger charge is -2.06. The topological polar surface area (TPSA) is 55.9 Å². The van der Waals surface area contributed by atoms with Gasteiger partial charge in [0.15, 0.2) is 0 Å². The van der Waals surface area contributed by atoms with E-state index >= 15 is 0 Å². The fourth-order valence-corrected chi connectivity index (χ4v) is 2.24. The Bertz CT molecular complexity index is 657. The number of aryl methyl sites for hydroxylation is 1. The molecule has 0 fully saturated rings. The van der Waals surface area contributed by atoms with Crippen LogP contribution in [0.3, 0.4) is 0 Å². The van der Waals surface area contributed by atoms with Gasteiger partial charge >= 0.3 is 0 Å². The Hall–Kier alpha value is -2.14. The molecule has 5 heteroatoms. The van der Waals surface area contributed by atoms with Crippen molar-refractivity contribution in [2.45, 2.75) is 26.6 Å². The van der Waals surface area contributed by atoms with E-state index in [2.05, 4.69) is 33.0 Å². The average Bonchev–Trinajstić information content (AvgIpc) is 3.05. The van der Waals surface area contributed by atoms with Crippen LogP contribution < -0.4 is 5.32 Å². The molecule has 0 aliphatic rings. The Kier molecular flexibility index (Phi) is 3.29. The lowest BCUT2D eigenvalue weighted by atomic mass is 10.3. The molecule has 1 N–H and O–H groups in total. The lowest BCUT2D eigenvalue weighted by molar-refractivity contribution is 0.371. The summed E-state index contributed by atoms with van der Waals surface area (Å²) in [6.07, 6.45) is 1.65. The molecule has 0 spiro atoms. The molecule has 19 heavy (non-hydrogen) atoms. The SMILES string of the molecule is CCn1c(CNCc2ccno2)nc2ccccc21. The van der Waals surface area contributed by atoms with Gasteiger partial charge in [0.2, 0.25) is 0 Å². The van der Waals surface area contributed by atoms with Crippen LogP contribution in [-0.2, 0) is 19.6 Å². The van der Waals surface area contributed by atoms with Gasteiger partial charge in [-0.15, -0.1) is 0 Å². The first-order valence-electron chi connectivity index (χ1n) is 6.43. The van der Waals surface area contributed by atoms with E-state index in [1.165, 1.54) is 5.52 Å². The summed E-state index contributed by atoms with van der Waals surface area (Å²) >= 11 is 0. The molecule has 0 unspecified atom stereocenters. The molecule has 1 aromatic carbocycles. The maximum Gasteiger partial charge on any atom is 0.150 e. The highest BCUT2D eigenvalue weighted by atomic mass is 16.5. The zero-order chi connectivity index (χ0) is 13.1. The summed E-state index contributed by atoms with van der Waals surface area (Å²) in [5.74, 6) is 1.88. The van der Waals surface area contributed by atoms with E-state index in [1.54, 1.807) is 6.20 Å². The highest BCUT2D eigenvalue weighted by molar-refractivity contribution is 5.75. The average molecular weight is 256 g/mol. The van der Waals surface area contributed by atoms with Crippen molar-refractivity contribution in [1.82, 2.24) is 20.0 Å². The Morgan fingerprint density at radius 1 is 1.21 bits per heavy atom. The number of nitrogens with one attached hydrogen (secondary N) is 1. The quantitative estimate of drug-likeness (QED) is 0.761.